The van der Waals surface area contributed by atoms with Gasteiger partial charge in [0.25, 0.3) is 16.6 Å². The zero-order valence-electron chi connectivity index (χ0n) is 16.0. The lowest BCUT2D eigenvalue weighted by molar-refractivity contribution is 0.378. The van der Waals surface area contributed by atoms with Crippen LogP contribution in [0.4, 0.5) is 0 Å². The van der Waals surface area contributed by atoms with E-state index in [-0.39, 0.29) is 10.1 Å². The summed E-state index contributed by atoms with van der Waals surface area (Å²) in [5.41, 5.74) is 0. The predicted molar refractivity (Wildman–Crippen MR) is 98.8 cm³/mol. The maximum Gasteiger partial charge on any atom is 0.252 e. The Kier molecular flexibility index (Phi) is 6.12. The third kappa shape index (κ3) is 5.98. The third-order valence-electron chi connectivity index (χ3n) is 4.67. The van der Waals surface area contributed by atoms with Gasteiger partial charge in [-0.2, -0.15) is 4.99 Å². The first kappa shape index (κ1) is 20.4. The zero-order chi connectivity index (χ0) is 17.3. The summed E-state index contributed by atoms with van der Waals surface area (Å²) in [6, 6.07) is 0. The van der Waals surface area contributed by atoms with E-state index in [0.29, 0.717) is 11.8 Å². The molecule has 0 heterocycles. The fourth-order valence-electron chi connectivity index (χ4n) is 1.19. The van der Waals surface area contributed by atoms with Crippen LogP contribution in [0.1, 0.15) is 48.5 Å². The van der Waals surface area contributed by atoms with Gasteiger partial charge in [0.1, 0.15) is 0 Å². The molecule has 0 radical (unpaired) electrons. The minimum atomic E-state index is -1.88. The molecule has 0 N–H and O–H groups in total. The van der Waals surface area contributed by atoms with Crippen molar-refractivity contribution >= 4 is 22.5 Å². The molecule has 0 saturated heterocycles. The maximum atomic E-state index is 6.14. The van der Waals surface area contributed by atoms with Crippen LogP contribution >= 0.6 is 0 Å². The zero-order valence-corrected chi connectivity index (χ0v) is 18.0. The van der Waals surface area contributed by atoms with Gasteiger partial charge in [0.05, 0.1) is 0 Å². The molecular weight excluding hydrogens is 294 g/mol. The van der Waals surface area contributed by atoms with E-state index in [4.69, 9.17) is 8.85 Å². The van der Waals surface area contributed by atoms with Crippen molar-refractivity contribution in [2.75, 3.05) is 0 Å². The van der Waals surface area contributed by atoms with Crippen LogP contribution in [-0.4, -0.2) is 22.5 Å². The van der Waals surface area contributed by atoms with E-state index in [2.05, 4.69) is 79.3 Å². The molecule has 0 bridgehead atoms. The SMILES string of the molecule is C=C(/N=C(/C)O[Si](C)(C)C(C)(C)C)O[Si](C)(C)C(C)(C)C. The van der Waals surface area contributed by atoms with E-state index in [1.54, 1.807) is 0 Å². The molecule has 0 aliphatic heterocycles. The van der Waals surface area contributed by atoms with Crippen molar-refractivity contribution in [3.8, 4) is 0 Å². The standard InChI is InChI=1S/C16H35NO2Si2/c1-13(18-20(9,10)15(3,4)5)17-14(2)19-21(11,12)16(6,7)8/h1H2,2-12H3/b17-14-. The third-order valence-corrected chi connectivity index (χ3v) is 13.4. The van der Waals surface area contributed by atoms with E-state index in [0.717, 1.165) is 0 Å². The fourth-order valence-corrected chi connectivity index (χ4v) is 3.22. The fraction of sp³-hybridized carbons (Fsp3) is 0.812. The Balaban J connectivity index is 4.92. The molecule has 21 heavy (non-hydrogen) atoms. The van der Waals surface area contributed by atoms with Crippen molar-refractivity contribution in [3.05, 3.63) is 12.5 Å². The lowest BCUT2D eigenvalue weighted by Crippen LogP contribution is -2.42. The van der Waals surface area contributed by atoms with Crippen LogP contribution < -0.4 is 0 Å². The molecule has 0 rings (SSSR count). The van der Waals surface area contributed by atoms with E-state index in [9.17, 15) is 0 Å². The highest BCUT2D eigenvalue weighted by molar-refractivity contribution is 6.75. The van der Waals surface area contributed by atoms with Crippen molar-refractivity contribution in [2.45, 2.75) is 84.7 Å². The van der Waals surface area contributed by atoms with Crippen molar-refractivity contribution in [3.63, 3.8) is 0 Å². The molecule has 0 fully saturated rings. The van der Waals surface area contributed by atoms with Crippen LogP contribution in [0.25, 0.3) is 0 Å². The molecule has 5 heteroatoms. The summed E-state index contributed by atoms with van der Waals surface area (Å²) in [4.78, 5) is 4.42. The monoisotopic (exact) mass is 329 g/mol. The van der Waals surface area contributed by atoms with Gasteiger partial charge in [-0.15, -0.1) is 0 Å². The van der Waals surface area contributed by atoms with Crippen LogP contribution in [0, 0.1) is 0 Å². The number of rotatable bonds is 4. The highest BCUT2D eigenvalue weighted by atomic mass is 28.4. The molecule has 0 spiro atoms. The van der Waals surface area contributed by atoms with Gasteiger partial charge >= 0.3 is 0 Å². The van der Waals surface area contributed by atoms with Crippen molar-refractivity contribution in [1.82, 2.24) is 0 Å². The lowest BCUT2D eigenvalue weighted by Gasteiger charge is -2.37. The molecule has 0 aromatic rings. The van der Waals surface area contributed by atoms with Gasteiger partial charge in [0, 0.05) is 6.92 Å². The molecule has 124 valence electrons. The minimum Gasteiger partial charge on any atom is -0.534 e. The number of aliphatic imine (C=N–C) groups is 1. The Labute approximate surface area is 134 Å². The molecule has 3 nitrogen and oxygen atoms in total. The molecule has 0 aliphatic rings. The number of nitrogens with zero attached hydrogens (tertiary/aromatic N) is 1. The molecule has 0 aromatic heterocycles. The summed E-state index contributed by atoms with van der Waals surface area (Å²) in [7, 11) is -3.73. The molecule has 0 atom stereocenters. The second kappa shape index (κ2) is 6.28. The van der Waals surface area contributed by atoms with Crippen LogP contribution in [0.5, 0.6) is 0 Å². The summed E-state index contributed by atoms with van der Waals surface area (Å²) in [5.74, 6) is 1.13. The van der Waals surface area contributed by atoms with Gasteiger partial charge in [-0.25, -0.2) is 0 Å². The van der Waals surface area contributed by atoms with Gasteiger partial charge in [-0.05, 0) is 42.8 Å². The smallest absolute Gasteiger partial charge is 0.252 e. The van der Waals surface area contributed by atoms with E-state index < -0.39 is 16.6 Å². The first-order valence-electron chi connectivity index (χ1n) is 7.62. The van der Waals surface area contributed by atoms with Crippen LogP contribution in [0.2, 0.25) is 36.3 Å². The summed E-state index contributed by atoms with van der Waals surface area (Å²) in [6.07, 6.45) is 0. The van der Waals surface area contributed by atoms with Crippen LogP contribution in [0.3, 0.4) is 0 Å². The summed E-state index contributed by atoms with van der Waals surface area (Å²) in [5, 5.41) is 0.297. The highest BCUT2D eigenvalue weighted by Crippen LogP contribution is 2.38. The van der Waals surface area contributed by atoms with E-state index in [1.165, 1.54) is 0 Å². The van der Waals surface area contributed by atoms with Gasteiger partial charge in [-0.1, -0.05) is 41.5 Å². The van der Waals surface area contributed by atoms with Crippen LogP contribution in [0.15, 0.2) is 17.5 Å². The Bertz CT molecular complexity index is 413. The molecule has 0 amide bonds. The topological polar surface area (TPSA) is 30.8 Å². The average molecular weight is 330 g/mol. The molecule has 0 aromatic carbocycles. The number of hydrogen-bond acceptors (Lipinski definition) is 3. The molecular formula is C16H35NO2Si2. The van der Waals surface area contributed by atoms with Crippen molar-refractivity contribution in [1.29, 1.82) is 0 Å². The number of hydrogen-bond donors (Lipinski definition) is 0. The van der Waals surface area contributed by atoms with Gasteiger partial charge in [0.15, 0.2) is 11.8 Å². The normalized spacial score (nSPS) is 14.9. The quantitative estimate of drug-likeness (QED) is 0.277. The second-order valence-electron chi connectivity index (χ2n) is 8.75. The highest BCUT2D eigenvalue weighted by Gasteiger charge is 2.40. The Morgan fingerprint density at radius 2 is 1.14 bits per heavy atom. The van der Waals surface area contributed by atoms with E-state index >= 15 is 0 Å². The Morgan fingerprint density at radius 3 is 1.48 bits per heavy atom. The Morgan fingerprint density at radius 1 is 0.810 bits per heavy atom. The molecule has 0 aliphatic carbocycles. The van der Waals surface area contributed by atoms with Crippen LogP contribution in [-0.2, 0) is 8.85 Å². The summed E-state index contributed by atoms with van der Waals surface area (Å²) < 4.78 is 12.2. The van der Waals surface area contributed by atoms with Crippen molar-refractivity contribution < 1.29 is 8.85 Å². The predicted octanol–water partition coefficient (Wildman–Crippen LogP) is 5.92. The summed E-state index contributed by atoms with van der Waals surface area (Å²) >= 11 is 0. The second-order valence-corrected chi connectivity index (χ2v) is 18.2. The maximum absolute atomic E-state index is 6.14. The first-order valence-corrected chi connectivity index (χ1v) is 13.4. The van der Waals surface area contributed by atoms with Crippen molar-refractivity contribution in [2.24, 2.45) is 4.99 Å². The van der Waals surface area contributed by atoms with Gasteiger partial charge in [-0.3, -0.25) is 0 Å². The molecule has 0 saturated carbocycles. The van der Waals surface area contributed by atoms with Gasteiger partial charge in [0.2, 0.25) is 0 Å². The summed E-state index contributed by atoms with van der Waals surface area (Å²) in [6.45, 7) is 27.9. The molecule has 0 unspecified atom stereocenters. The Hall–Kier alpha value is -0.556. The van der Waals surface area contributed by atoms with E-state index in [1.807, 2.05) is 6.92 Å². The van der Waals surface area contributed by atoms with Gasteiger partial charge < -0.3 is 8.85 Å². The first-order chi connectivity index (χ1) is 8.99. The average Bonchev–Trinajstić information content (AvgIpc) is 2.10. The lowest BCUT2D eigenvalue weighted by atomic mass is 10.2. The largest absolute Gasteiger partial charge is 0.534 e. The minimum absolute atomic E-state index is 0.139.